The Morgan fingerprint density at radius 1 is 1.12 bits per heavy atom. The fourth-order valence-corrected chi connectivity index (χ4v) is 6.01. The second-order valence-corrected chi connectivity index (χ2v) is 10.6. The fourth-order valence-electron chi connectivity index (χ4n) is 4.29. The SMILES string of the molecule is Cn1cc(S(=O)(=O)N2CCCC2)cc1C(=O)NCC(c1ccc(Cl)cc1)N1CCOCC1. The van der Waals surface area contributed by atoms with Gasteiger partial charge in [-0.25, -0.2) is 8.42 Å². The molecule has 0 saturated carbocycles. The number of rotatable bonds is 7. The highest BCUT2D eigenvalue weighted by Crippen LogP contribution is 2.25. The van der Waals surface area contributed by atoms with Crippen molar-refractivity contribution in [2.75, 3.05) is 45.9 Å². The number of amides is 1. The Morgan fingerprint density at radius 3 is 2.44 bits per heavy atom. The molecule has 174 valence electrons. The molecule has 1 aromatic carbocycles. The summed E-state index contributed by atoms with van der Waals surface area (Å²) in [6, 6.07) is 9.07. The average molecular weight is 481 g/mol. The quantitative estimate of drug-likeness (QED) is 0.657. The van der Waals surface area contributed by atoms with Crippen LogP contribution in [0, 0.1) is 0 Å². The highest BCUT2D eigenvalue weighted by atomic mass is 35.5. The van der Waals surface area contributed by atoms with Crippen molar-refractivity contribution in [2.45, 2.75) is 23.8 Å². The van der Waals surface area contributed by atoms with E-state index in [4.69, 9.17) is 16.3 Å². The molecular weight excluding hydrogens is 452 g/mol. The number of aromatic nitrogens is 1. The van der Waals surface area contributed by atoms with Crippen LogP contribution in [0.15, 0.2) is 41.4 Å². The Kier molecular flexibility index (Phi) is 7.21. The Balaban J connectivity index is 1.49. The number of hydrogen-bond donors (Lipinski definition) is 1. The molecule has 2 aliphatic rings. The molecule has 3 heterocycles. The lowest BCUT2D eigenvalue weighted by Crippen LogP contribution is -2.44. The first-order valence-corrected chi connectivity index (χ1v) is 12.7. The van der Waals surface area contributed by atoms with Crippen LogP contribution in [-0.2, 0) is 21.8 Å². The predicted octanol–water partition coefficient (Wildman–Crippen LogP) is 2.27. The number of ether oxygens (including phenoxy) is 1. The van der Waals surface area contributed by atoms with Crippen LogP contribution < -0.4 is 5.32 Å². The summed E-state index contributed by atoms with van der Waals surface area (Å²) in [4.78, 5) is 15.4. The van der Waals surface area contributed by atoms with Crippen LogP contribution in [0.25, 0.3) is 0 Å². The van der Waals surface area contributed by atoms with Crippen molar-refractivity contribution in [3.63, 3.8) is 0 Å². The second kappa shape index (κ2) is 9.93. The summed E-state index contributed by atoms with van der Waals surface area (Å²) in [5, 5.41) is 3.66. The summed E-state index contributed by atoms with van der Waals surface area (Å²) < 4.78 is 34.3. The molecule has 0 bridgehead atoms. The summed E-state index contributed by atoms with van der Waals surface area (Å²) in [6.45, 7) is 4.28. The molecule has 4 rings (SSSR count). The number of nitrogens with one attached hydrogen (secondary N) is 1. The van der Waals surface area contributed by atoms with Crippen LogP contribution >= 0.6 is 11.6 Å². The molecule has 2 aromatic rings. The minimum Gasteiger partial charge on any atom is -0.379 e. The summed E-state index contributed by atoms with van der Waals surface area (Å²) >= 11 is 6.05. The summed E-state index contributed by atoms with van der Waals surface area (Å²) in [5.74, 6) is -0.303. The number of carbonyl (C=O) groups is 1. The van der Waals surface area contributed by atoms with Gasteiger partial charge in [-0.2, -0.15) is 4.31 Å². The second-order valence-electron chi connectivity index (χ2n) is 8.21. The molecule has 0 aliphatic carbocycles. The maximum Gasteiger partial charge on any atom is 0.268 e. The molecule has 2 fully saturated rings. The molecular formula is C22H29ClN4O4S. The van der Waals surface area contributed by atoms with E-state index in [0.29, 0.717) is 43.6 Å². The third kappa shape index (κ3) is 5.02. The van der Waals surface area contributed by atoms with Crippen LogP contribution in [0.4, 0.5) is 0 Å². The third-order valence-corrected chi connectivity index (χ3v) is 8.23. The van der Waals surface area contributed by atoms with Gasteiger partial charge in [0.15, 0.2) is 0 Å². The molecule has 1 atom stereocenters. The molecule has 1 N–H and O–H groups in total. The van der Waals surface area contributed by atoms with Crippen LogP contribution in [0.3, 0.4) is 0 Å². The highest BCUT2D eigenvalue weighted by Gasteiger charge is 2.30. The van der Waals surface area contributed by atoms with Gasteiger partial charge in [0, 0.05) is 51.0 Å². The van der Waals surface area contributed by atoms with Crippen LogP contribution in [0.2, 0.25) is 5.02 Å². The van der Waals surface area contributed by atoms with Crippen molar-refractivity contribution in [2.24, 2.45) is 7.05 Å². The van der Waals surface area contributed by atoms with Crippen molar-refractivity contribution in [1.29, 1.82) is 0 Å². The van der Waals surface area contributed by atoms with E-state index in [9.17, 15) is 13.2 Å². The number of nitrogens with zero attached hydrogens (tertiary/aromatic N) is 3. The van der Waals surface area contributed by atoms with E-state index in [1.807, 2.05) is 24.3 Å². The van der Waals surface area contributed by atoms with Gasteiger partial charge >= 0.3 is 0 Å². The van der Waals surface area contributed by atoms with Crippen LogP contribution in [0.1, 0.15) is 34.9 Å². The lowest BCUT2D eigenvalue weighted by molar-refractivity contribution is 0.0162. The van der Waals surface area contributed by atoms with Crippen LogP contribution in [0.5, 0.6) is 0 Å². The van der Waals surface area contributed by atoms with Gasteiger partial charge in [-0.05, 0) is 36.6 Å². The van der Waals surface area contributed by atoms with E-state index in [-0.39, 0.29) is 16.8 Å². The van der Waals surface area contributed by atoms with E-state index >= 15 is 0 Å². The molecule has 1 amide bonds. The van der Waals surface area contributed by atoms with E-state index < -0.39 is 10.0 Å². The molecule has 10 heteroatoms. The van der Waals surface area contributed by atoms with E-state index in [0.717, 1.165) is 31.5 Å². The van der Waals surface area contributed by atoms with Gasteiger partial charge in [-0.15, -0.1) is 0 Å². The van der Waals surface area contributed by atoms with Crippen molar-refractivity contribution in [3.05, 3.63) is 52.8 Å². The predicted molar refractivity (Wildman–Crippen MR) is 122 cm³/mol. The molecule has 2 aliphatic heterocycles. The molecule has 2 saturated heterocycles. The zero-order valence-corrected chi connectivity index (χ0v) is 19.7. The zero-order chi connectivity index (χ0) is 22.7. The van der Waals surface area contributed by atoms with Crippen LogP contribution in [-0.4, -0.2) is 74.0 Å². The van der Waals surface area contributed by atoms with Gasteiger partial charge in [-0.3, -0.25) is 9.69 Å². The molecule has 32 heavy (non-hydrogen) atoms. The molecule has 8 nitrogen and oxygen atoms in total. The molecule has 1 aromatic heterocycles. The number of carbonyl (C=O) groups excluding carboxylic acids is 1. The lowest BCUT2D eigenvalue weighted by Gasteiger charge is -2.35. The van der Waals surface area contributed by atoms with Gasteiger partial charge in [0.1, 0.15) is 10.6 Å². The first-order valence-electron chi connectivity index (χ1n) is 10.9. The number of sulfonamides is 1. The van der Waals surface area contributed by atoms with E-state index in [1.54, 1.807) is 11.6 Å². The van der Waals surface area contributed by atoms with Crippen molar-refractivity contribution < 1.29 is 17.9 Å². The average Bonchev–Trinajstić information content (AvgIpc) is 3.46. The normalized spacial score (nSPS) is 19.2. The smallest absolute Gasteiger partial charge is 0.268 e. The number of morpholine rings is 1. The standard InChI is InChI=1S/C22H29ClN4O4S/c1-25-16-19(32(29,30)27-8-2-3-9-27)14-20(25)22(28)24-15-21(26-10-12-31-13-11-26)17-4-6-18(23)7-5-17/h4-7,14,16,21H,2-3,8-13,15H2,1H3,(H,24,28). The van der Waals surface area contributed by atoms with E-state index in [2.05, 4.69) is 10.2 Å². The van der Waals surface area contributed by atoms with Crippen molar-refractivity contribution in [3.8, 4) is 0 Å². The Labute approximate surface area is 194 Å². The topological polar surface area (TPSA) is 83.9 Å². The molecule has 0 spiro atoms. The highest BCUT2D eigenvalue weighted by molar-refractivity contribution is 7.89. The third-order valence-electron chi connectivity index (χ3n) is 6.11. The molecule has 0 radical (unpaired) electrons. The Hall–Kier alpha value is -1.91. The monoisotopic (exact) mass is 480 g/mol. The summed E-state index contributed by atoms with van der Waals surface area (Å²) in [5.41, 5.74) is 1.38. The first-order chi connectivity index (χ1) is 15.4. The maximum atomic E-state index is 13.0. The largest absolute Gasteiger partial charge is 0.379 e. The minimum absolute atomic E-state index is 0.0341. The summed E-state index contributed by atoms with van der Waals surface area (Å²) in [6.07, 6.45) is 3.25. The van der Waals surface area contributed by atoms with E-state index in [1.165, 1.54) is 16.6 Å². The maximum absolute atomic E-state index is 13.0. The number of halogens is 1. The molecule has 1 unspecified atom stereocenters. The number of aryl methyl sites for hydroxylation is 1. The zero-order valence-electron chi connectivity index (χ0n) is 18.2. The minimum atomic E-state index is -3.57. The Morgan fingerprint density at radius 2 is 1.78 bits per heavy atom. The van der Waals surface area contributed by atoms with Crippen molar-refractivity contribution in [1.82, 2.24) is 19.1 Å². The summed E-state index contributed by atoms with van der Waals surface area (Å²) in [7, 11) is -1.88. The van der Waals surface area contributed by atoms with Gasteiger partial charge in [0.2, 0.25) is 10.0 Å². The number of hydrogen-bond acceptors (Lipinski definition) is 5. The van der Waals surface area contributed by atoms with Gasteiger partial charge in [-0.1, -0.05) is 23.7 Å². The van der Waals surface area contributed by atoms with Gasteiger partial charge in [0.05, 0.1) is 19.3 Å². The lowest BCUT2D eigenvalue weighted by atomic mass is 10.0. The fraction of sp³-hybridized carbons (Fsp3) is 0.500. The van der Waals surface area contributed by atoms with Crippen molar-refractivity contribution >= 4 is 27.5 Å². The first kappa shape index (κ1) is 23.3. The van der Waals surface area contributed by atoms with Gasteiger partial charge in [0.25, 0.3) is 5.91 Å². The van der Waals surface area contributed by atoms with Gasteiger partial charge < -0.3 is 14.6 Å². The Bertz CT molecular complexity index is 1040. The number of benzene rings is 1.